The van der Waals surface area contributed by atoms with E-state index in [0.717, 1.165) is 10.4 Å². The second-order valence-corrected chi connectivity index (χ2v) is 6.37. The second kappa shape index (κ2) is 9.08. The molecule has 0 aliphatic carbocycles. The Bertz CT molecular complexity index is 714. The van der Waals surface area contributed by atoms with Crippen LogP contribution in [0.4, 0.5) is 0 Å². The zero-order chi connectivity index (χ0) is 18.2. The molecule has 1 heterocycles. The van der Waals surface area contributed by atoms with E-state index in [0.29, 0.717) is 17.9 Å². The fourth-order valence-corrected chi connectivity index (χ4v) is 3.33. The molecule has 0 fully saturated rings. The molecule has 2 rings (SSSR count). The van der Waals surface area contributed by atoms with E-state index in [2.05, 4.69) is 5.32 Å². The average molecular weight is 363 g/mol. The third kappa shape index (κ3) is 5.22. The molecule has 1 aromatic carbocycles. The number of carbonyl (C=O) groups is 2. The minimum Gasteiger partial charge on any atom is -0.493 e. The number of nitrogens with one attached hydrogen (secondary N) is 1. The van der Waals surface area contributed by atoms with E-state index >= 15 is 0 Å². The van der Waals surface area contributed by atoms with Gasteiger partial charge in [0.15, 0.2) is 11.5 Å². The summed E-state index contributed by atoms with van der Waals surface area (Å²) in [6, 6.07) is 8.65. The lowest BCUT2D eigenvalue weighted by Gasteiger charge is -2.16. The Kier molecular flexibility index (Phi) is 6.82. The van der Waals surface area contributed by atoms with E-state index in [-0.39, 0.29) is 18.7 Å². The smallest absolute Gasteiger partial charge is 0.305 e. The predicted molar refractivity (Wildman–Crippen MR) is 95.3 cm³/mol. The number of rotatable bonds is 9. The molecule has 0 saturated carbocycles. The third-order valence-corrected chi connectivity index (χ3v) is 4.69. The first-order valence-electron chi connectivity index (χ1n) is 7.79. The van der Waals surface area contributed by atoms with Crippen molar-refractivity contribution in [1.82, 2.24) is 5.32 Å². The van der Waals surface area contributed by atoms with Crippen molar-refractivity contribution in [2.75, 3.05) is 14.2 Å². The normalized spacial score (nSPS) is 11.6. The van der Waals surface area contributed by atoms with Crippen molar-refractivity contribution in [3.05, 3.63) is 46.2 Å². The highest BCUT2D eigenvalue weighted by Crippen LogP contribution is 2.31. The summed E-state index contributed by atoms with van der Waals surface area (Å²) < 4.78 is 10.6. The van der Waals surface area contributed by atoms with Crippen molar-refractivity contribution in [3.8, 4) is 11.5 Å². The van der Waals surface area contributed by atoms with Crippen molar-refractivity contribution in [2.45, 2.75) is 25.3 Å². The summed E-state index contributed by atoms with van der Waals surface area (Å²) in [5.74, 6) is 0.0681. The largest absolute Gasteiger partial charge is 0.493 e. The predicted octanol–water partition coefficient (Wildman–Crippen LogP) is 3.03. The van der Waals surface area contributed by atoms with Crippen LogP contribution in [0.1, 0.15) is 29.3 Å². The Morgan fingerprint density at radius 2 is 2.00 bits per heavy atom. The monoisotopic (exact) mass is 363 g/mol. The summed E-state index contributed by atoms with van der Waals surface area (Å²) in [6.45, 7) is 0. The Balaban J connectivity index is 2.01. The Labute approximate surface area is 150 Å². The van der Waals surface area contributed by atoms with Crippen LogP contribution in [-0.4, -0.2) is 31.2 Å². The first-order chi connectivity index (χ1) is 12.0. The van der Waals surface area contributed by atoms with E-state index in [4.69, 9.17) is 14.6 Å². The van der Waals surface area contributed by atoms with Crippen LogP contribution < -0.4 is 14.8 Å². The minimum atomic E-state index is -0.951. The zero-order valence-electron chi connectivity index (χ0n) is 14.2. The summed E-state index contributed by atoms with van der Waals surface area (Å²) in [5, 5.41) is 13.7. The van der Waals surface area contributed by atoms with Crippen LogP contribution in [0.5, 0.6) is 11.5 Å². The molecule has 1 aromatic heterocycles. The Morgan fingerprint density at radius 3 is 2.60 bits per heavy atom. The van der Waals surface area contributed by atoms with Gasteiger partial charge in [-0.2, -0.15) is 0 Å². The number of methoxy groups -OCH3 is 2. The van der Waals surface area contributed by atoms with Crippen LogP contribution in [0.3, 0.4) is 0 Å². The second-order valence-electron chi connectivity index (χ2n) is 5.39. The van der Waals surface area contributed by atoms with E-state index in [1.807, 2.05) is 29.6 Å². The number of benzene rings is 1. The molecule has 2 aromatic rings. The molecule has 134 valence electrons. The first kappa shape index (κ1) is 18.8. The molecule has 25 heavy (non-hydrogen) atoms. The van der Waals surface area contributed by atoms with Gasteiger partial charge in [-0.15, -0.1) is 11.3 Å². The maximum absolute atomic E-state index is 12.3. The summed E-state index contributed by atoms with van der Waals surface area (Å²) in [4.78, 5) is 24.2. The highest BCUT2D eigenvalue weighted by Gasteiger charge is 2.19. The molecular weight excluding hydrogens is 342 g/mol. The average Bonchev–Trinajstić information content (AvgIpc) is 3.13. The zero-order valence-corrected chi connectivity index (χ0v) is 15.0. The molecule has 0 bridgehead atoms. The fourth-order valence-electron chi connectivity index (χ4n) is 2.55. The van der Waals surface area contributed by atoms with Crippen LogP contribution in [-0.2, 0) is 16.0 Å². The van der Waals surface area contributed by atoms with E-state index < -0.39 is 12.0 Å². The number of ether oxygens (including phenoxy) is 2. The molecular formula is C18H21NO5S. The van der Waals surface area contributed by atoms with Crippen LogP contribution in [0.25, 0.3) is 0 Å². The lowest BCUT2D eigenvalue weighted by Crippen LogP contribution is -2.29. The van der Waals surface area contributed by atoms with Gasteiger partial charge >= 0.3 is 5.97 Å². The molecule has 0 aliphatic rings. The van der Waals surface area contributed by atoms with Crippen LogP contribution >= 0.6 is 11.3 Å². The van der Waals surface area contributed by atoms with E-state index in [9.17, 15) is 9.59 Å². The number of hydrogen-bond donors (Lipinski definition) is 2. The van der Waals surface area contributed by atoms with Crippen LogP contribution in [0.2, 0.25) is 0 Å². The number of carboxylic acids is 1. The summed E-state index contributed by atoms with van der Waals surface area (Å²) in [7, 11) is 3.12. The fraction of sp³-hybridized carbons (Fsp3) is 0.333. The molecule has 6 nitrogen and oxygen atoms in total. The molecule has 1 amide bonds. The number of carbonyl (C=O) groups excluding carboxylic acids is 1. The van der Waals surface area contributed by atoms with Crippen molar-refractivity contribution in [1.29, 1.82) is 0 Å². The van der Waals surface area contributed by atoms with Crippen molar-refractivity contribution >= 4 is 23.2 Å². The molecule has 2 N–H and O–H groups in total. The number of aliphatic carboxylic acids is 1. The first-order valence-corrected chi connectivity index (χ1v) is 8.67. The van der Waals surface area contributed by atoms with E-state index in [1.165, 1.54) is 11.3 Å². The topological polar surface area (TPSA) is 84.9 Å². The number of carboxylic acid groups (broad SMARTS) is 1. The third-order valence-electron chi connectivity index (χ3n) is 3.71. The molecule has 0 aliphatic heterocycles. The van der Waals surface area contributed by atoms with Gasteiger partial charge in [0.1, 0.15) is 0 Å². The van der Waals surface area contributed by atoms with Crippen molar-refractivity contribution in [2.24, 2.45) is 0 Å². The van der Waals surface area contributed by atoms with Crippen molar-refractivity contribution < 1.29 is 24.2 Å². The quantitative estimate of drug-likeness (QED) is 0.715. The van der Waals surface area contributed by atoms with Crippen LogP contribution in [0.15, 0.2) is 35.7 Å². The molecule has 7 heteroatoms. The van der Waals surface area contributed by atoms with Crippen LogP contribution in [0, 0.1) is 0 Å². The maximum atomic E-state index is 12.3. The highest BCUT2D eigenvalue weighted by molar-refractivity contribution is 7.10. The van der Waals surface area contributed by atoms with Gasteiger partial charge in [-0.1, -0.05) is 18.2 Å². The molecule has 0 radical (unpaired) electrons. The molecule has 1 atom stereocenters. The molecule has 0 spiro atoms. The maximum Gasteiger partial charge on any atom is 0.305 e. The summed E-state index contributed by atoms with van der Waals surface area (Å²) in [5.41, 5.74) is 0.864. The minimum absolute atomic E-state index is 0.144. The Morgan fingerprint density at radius 1 is 1.20 bits per heavy atom. The van der Waals surface area contributed by atoms with Gasteiger partial charge in [0.05, 0.1) is 26.7 Å². The van der Waals surface area contributed by atoms with Gasteiger partial charge in [0, 0.05) is 11.3 Å². The number of aryl methyl sites for hydroxylation is 1. The van der Waals surface area contributed by atoms with E-state index in [1.54, 1.807) is 20.3 Å². The number of amides is 1. The van der Waals surface area contributed by atoms with Gasteiger partial charge in [-0.05, 0) is 29.5 Å². The number of hydrogen-bond acceptors (Lipinski definition) is 5. The SMILES string of the molecule is COc1cccc(CCC(=O)NC(CC(=O)O)c2cccs2)c1OC. The van der Waals surface area contributed by atoms with Gasteiger partial charge in [0.2, 0.25) is 5.91 Å². The lowest BCUT2D eigenvalue weighted by molar-refractivity contribution is -0.137. The molecule has 1 unspecified atom stereocenters. The van der Waals surface area contributed by atoms with Gasteiger partial charge in [0.25, 0.3) is 0 Å². The highest BCUT2D eigenvalue weighted by atomic mass is 32.1. The Hall–Kier alpha value is -2.54. The van der Waals surface area contributed by atoms with Crippen molar-refractivity contribution in [3.63, 3.8) is 0 Å². The lowest BCUT2D eigenvalue weighted by atomic mass is 10.1. The summed E-state index contributed by atoms with van der Waals surface area (Å²) >= 11 is 1.43. The van der Waals surface area contributed by atoms with Gasteiger partial charge in [-0.25, -0.2) is 0 Å². The van der Waals surface area contributed by atoms with Gasteiger partial charge in [-0.3, -0.25) is 9.59 Å². The van der Waals surface area contributed by atoms with Gasteiger partial charge < -0.3 is 19.9 Å². The standard InChI is InChI=1S/C18H21NO5S/c1-23-14-6-3-5-12(18(14)24-2)8-9-16(20)19-13(11-17(21)22)15-7-4-10-25-15/h3-7,10,13H,8-9,11H2,1-2H3,(H,19,20)(H,21,22). The summed E-state index contributed by atoms with van der Waals surface area (Å²) in [6.07, 6.45) is 0.552. The number of para-hydroxylation sites is 1. The molecule has 0 saturated heterocycles. The number of thiophene rings is 1.